The van der Waals surface area contributed by atoms with Gasteiger partial charge in [-0.25, -0.2) is 9.78 Å². The fourth-order valence-corrected chi connectivity index (χ4v) is 1.14. The molecule has 0 amide bonds. The molecule has 17 heavy (non-hydrogen) atoms. The monoisotopic (exact) mass is 248 g/mol. The number of alkyl halides is 3. The van der Waals surface area contributed by atoms with Crippen molar-refractivity contribution in [2.45, 2.75) is 19.1 Å². The zero-order chi connectivity index (χ0) is 13.1. The molecule has 0 saturated carbocycles. The number of hydrogen-bond acceptors (Lipinski definition) is 4. The van der Waals surface area contributed by atoms with Crippen LogP contribution in [0.4, 0.5) is 19.0 Å². The number of esters is 1. The van der Waals surface area contributed by atoms with E-state index in [1.807, 2.05) is 0 Å². The van der Waals surface area contributed by atoms with Crippen LogP contribution in [0.25, 0.3) is 0 Å². The van der Waals surface area contributed by atoms with Crippen LogP contribution >= 0.6 is 0 Å². The van der Waals surface area contributed by atoms with Crippen molar-refractivity contribution in [3.05, 3.63) is 23.9 Å². The quantitative estimate of drug-likeness (QED) is 0.832. The van der Waals surface area contributed by atoms with E-state index in [2.05, 4.69) is 15.0 Å². The van der Waals surface area contributed by atoms with Crippen LogP contribution in [0.5, 0.6) is 0 Å². The van der Waals surface area contributed by atoms with E-state index in [0.29, 0.717) is 0 Å². The number of methoxy groups -OCH3 is 1. The number of ether oxygens (including phenoxy) is 1. The van der Waals surface area contributed by atoms with Crippen LogP contribution in [0.1, 0.15) is 12.5 Å². The van der Waals surface area contributed by atoms with E-state index in [0.717, 1.165) is 18.3 Å². The zero-order valence-electron chi connectivity index (χ0n) is 9.21. The summed E-state index contributed by atoms with van der Waals surface area (Å²) in [5.74, 6) is -0.609. The Morgan fingerprint density at radius 1 is 1.53 bits per heavy atom. The summed E-state index contributed by atoms with van der Waals surface area (Å²) in [7, 11) is 1.19. The van der Waals surface area contributed by atoms with Crippen molar-refractivity contribution in [3.8, 4) is 0 Å². The second kappa shape index (κ2) is 5.03. The van der Waals surface area contributed by atoms with E-state index in [9.17, 15) is 18.0 Å². The van der Waals surface area contributed by atoms with Gasteiger partial charge >= 0.3 is 12.1 Å². The maximum atomic E-state index is 12.4. The molecule has 1 aromatic rings. The standard InChI is InChI=1S/C10H11F3N2O2/c1-6(9(16)17-2)15-8-5-7(3-4-14-8)10(11,12)13/h3-6H,1-2H3,(H,14,15). The summed E-state index contributed by atoms with van der Waals surface area (Å²) in [6.45, 7) is 1.47. The van der Waals surface area contributed by atoms with Crippen LogP contribution in [0, 0.1) is 0 Å². The zero-order valence-corrected chi connectivity index (χ0v) is 9.21. The summed E-state index contributed by atoms with van der Waals surface area (Å²) >= 11 is 0. The molecular weight excluding hydrogens is 237 g/mol. The van der Waals surface area contributed by atoms with Gasteiger partial charge in [0.2, 0.25) is 0 Å². The topological polar surface area (TPSA) is 51.2 Å². The van der Waals surface area contributed by atoms with E-state index in [4.69, 9.17) is 0 Å². The molecular formula is C10H11F3N2O2. The fraction of sp³-hybridized carbons (Fsp3) is 0.400. The Labute approximate surface area is 95.8 Å². The molecule has 0 aliphatic heterocycles. The van der Waals surface area contributed by atoms with E-state index < -0.39 is 23.8 Å². The molecule has 0 fully saturated rings. The summed E-state index contributed by atoms with van der Waals surface area (Å²) in [6.07, 6.45) is -3.41. The Morgan fingerprint density at radius 2 is 2.18 bits per heavy atom. The van der Waals surface area contributed by atoms with Crippen molar-refractivity contribution in [1.82, 2.24) is 4.98 Å². The minimum atomic E-state index is -4.44. The number of rotatable bonds is 3. The molecule has 1 heterocycles. The van der Waals surface area contributed by atoms with Gasteiger partial charge in [-0.3, -0.25) is 0 Å². The van der Waals surface area contributed by atoms with Gasteiger partial charge in [-0.15, -0.1) is 0 Å². The molecule has 0 radical (unpaired) electrons. The normalized spacial score (nSPS) is 13.0. The highest BCUT2D eigenvalue weighted by molar-refractivity contribution is 5.78. The van der Waals surface area contributed by atoms with Crippen LogP contribution in [-0.2, 0) is 15.7 Å². The molecule has 0 aliphatic rings. The summed E-state index contributed by atoms with van der Waals surface area (Å²) in [5, 5.41) is 2.52. The molecule has 4 nitrogen and oxygen atoms in total. The number of nitrogens with one attached hydrogen (secondary N) is 1. The maximum absolute atomic E-state index is 12.4. The lowest BCUT2D eigenvalue weighted by Gasteiger charge is -2.13. The molecule has 0 saturated heterocycles. The summed E-state index contributed by atoms with van der Waals surface area (Å²) in [5.41, 5.74) is -0.827. The summed E-state index contributed by atoms with van der Waals surface area (Å²) < 4.78 is 41.6. The Kier molecular flexibility index (Phi) is 3.93. The molecule has 0 aliphatic carbocycles. The first-order valence-corrected chi connectivity index (χ1v) is 4.72. The van der Waals surface area contributed by atoms with Crippen LogP contribution in [0.3, 0.4) is 0 Å². The summed E-state index contributed by atoms with van der Waals surface area (Å²) in [6, 6.07) is 0.920. The number of carbonyl (C=O) groups is 1. The van der Waals surface area contributed by atoms with E-state index in [-0.39, 0.29) is 5.82 Å². The second-order valence-electron chi connectivity index (χ2n) is 3.32. The number of halogens is 3. The van der Waals surface area contributed by atoms with Crippen molar-refractivity contribution in [2.24, 2.45) is 0 Å². The maximum Gasteiger partial charge on any atom is 0.416 e. The van der Waals surface area contributed by atoms with Gasteiger partial charge in [0.15, 0.2) is 0 Å². The molecule has 0 spiro atoms. The van der Waals surface area contributed by atoms with Crippen molar-refractivity contribution in [3.63, 3.8) is 0 Å². The predicted molar refractivity (Wildman–Crippen MR) is 54.3 cm³/mol. The average Bonchev–Trinajstić information content (AvgIpc) is 2.27. The average molecular weight is 248 g/mol. The minimum absolute atomic E-state index is 0.0299. The van der Waals surface area contributed by atoms with Gasteiger partial charge in [0, 0.05) is 6.20 Å². The highest BCUT2D eigenvalue weighted by Crippen LogP contribution is 2.29. The fourth-order valence-electron chi connectivity index (χ4n) is 1.14. The van der Waals surface area contributed by atoms with Gasteiger partial charge in [0.05, 0.1) is 12.7 Å². The van der Waals surface area contributed by atoms with E-state index in [1.165, 1.54) is 14.0 Å². The number of aromatic nitrogens is 1. The van der Waals surface area contributed by atoms with E-state index in [1.54, 1.807) is 0 Å². The number of hydrogen-bond donors (Lipinski definition) is 1. The van der Waals surface area contributed by atoms with Gasteiger partial charge in [-0.2, -0.15) is 13.2 Å². The highest BCUT2D eigenvalue weighted by atomic mass is 19.4. The Hall–Kier alpha value is -1.79. The molecule has 0 bridgehead atoms. The van der Waals surface area contributed by atoms with Gasteiger partial charge < -0.3 is 10.1 Å². The Balaban J connectivity index is 2.83. The number of carbonyl (C=O) groups excluding carboxylic acids is 1. The highest BCUT2D eigenvalue weighted by Gasteiger charge is 2.30. The van der Waals surface area contributed by atoms with Crippen LogP contribution in [-0.4, -0.2) is 24.1 Å². The third kappa shape index (κ3) is 3.61. The minimum Gasteiger partial charge on any atom is -0.467 e. The van der Waals surface area contributed by atoms with Crippen molar-refractivity contribution >= 4 is 11.8 Å². The van der Waals surface area contributed by atoms with Gasteiger partial charge in [-0.1, -0.05) is 0 Å². The van der Waals surface area contributed by atoms with Crippen molar-refractivity contribution in [2.75, 3.05) is 12.4 Å². The van der Waals surface area contributed by atoms with Crippen molar-refractivity contribution in [1.29, 1.82) is 0 Å². The Morgan fingerprint density at radius 3 is 2.71 bits per heavy atom. The van der Waals surface area contributed by atoms with Crippen molar-refractivity contribution < 1.29 is 22.7 Å². The van der Waals surface area contributed by atoms with Gasteiger partial charge in [0.25, 0.3) is 0 Å². The molecule has 1 atom stereocenters. The van der Waals surface area contributed by atoms with Crippen LogP contribution < -0.4 is 5.32 Å². The van der Waals surface area contributed by atoms with Gasteiger partial charge in [-0.05, 0) is 19.1 Å². The van der Waals surface area contributed by atoms with E-state index >= 15 is 0 Å². The molecule has 1 aromatic heterocycles. The first-order valence-electron chi connectivity index (χ1n) is 4.72. The first-order chi connectivity index (χ1) is 7.84. The molecule has 1 N–H and O–H groups in total. The molecule has 1 rings (SSSR count). The van der Waals surface area contributed by atoms with Crippen LogP contribution in [0.2, 0.25) is 0 Å². The lowest BCUT2D eigenvalue weighted by Crippen LogP contribution is -2.27. The summed E-state index contributed by atoms with van der Waals surface area (Å²) in [4.78, 5) is 14.8. The third-order valence-corrected chi connectivity index (χ3v) is 2.01. The number of pyridine rings is 1. The first kappa shape index (κ1) is 13.3. The molecule has 94 valence electrons. The number of nitrogens with zero attached hydrogens (tertiary/aromatic N) is 1. The molecule has 1 unspecified atom stereocenters. The smallest absolute Gasteiger partial charge is 0.416 e. The Bertz CT molecular complexity index is 407. The number of anilines is 1. The molecule has 7 heteroatoms. The lowest BCUT2D eigenvalue weighted by molar-refractivity contribution is -0.141. The second-order valence-corrected chi connectivity index (χ2v) is 3.32. The third-order valence-electron chi connectivity index (χ3n) is 2.01. The predicted octanol–water partition coefficient (Wildman–Crippen LogP) is 2.07. The SMILES string of the molecule is COC(=O)C(C)Nc1cc(C(F)(F)F)ccn1. The van der Waals surface area contributed by atoms with Crippen LogP contribution in [0.15, 0.2) is 18.3 Å². The van der Waals surface area contributed by atoms with Gasteiger partial charge in [0.1, 0.15) is 11.9 Å². The largest absolute Gasteiger partial charge is 0.467 e. The molecule has 0 aromatic carbocycles. The lowest BCUT2D eigenvalue weighted by atomic mass is 10.2.